The molecule has 4 amide bonds. The molecule has 73 heavy (non-hydrogen) atoms. The number of esters is 2. The highest BCUT2D eigenvalue weighted by Gasteiger charge is 2.45. The zero-order valence-electron chi connectivity index (χ0n) is 40.1. The number of carbonyl (C=O) groups excluding carboxylic acids is 4. The molecule has 4 aromatic carbocycles. The Hall–Kier alpha value is -7.72. The molecule has 0 radical (unpaired) electrons. The number of alkyl halides is 6. The van der Waals surface area contributed by atoms with E-state index >= 15 is 0 Å². The maximum Gasteiger partial charge on any atom is 0.416 e. The highest BCUT2D eigenvalue weighted by molar-refractivity contribution is 6.04. The van der Waals surface area contributed by atoms with Gasteiger partial charge in [0.1, 0.15) is 0 Å². The van der Waals surface area contributed by atoms with Crippen LogP contribution < -0.4 is 9.80 Å². The normalized spacial score (nSPS) is 16.4. The van der Waals surface area contributed by atoms with Crippen molar-refractivity contribution in [3.63, 3.8) is 0 Å². The SMILES string of the molecule is CCOC(=O)C1=C(C)N(c2cccc(C(F)(F)F)c2)C(=O)N(CCOCCOCCOCCN2C(=O)N(c3cccc(C(F)(F)F)c3)C(C)=C(C(=O)OCC)C2c2ccc(C#N)cc2)C1c1ccc(C#N)cc1. The first-order valence-corrected chi connectivity index (χ1v) is 22.9. The molecule has 2 unspecified atom stereocenters. The van der Waals surface area contributed by atoms with Gasteiger partial charge in [-0.1, -0.05) is 36.4 Å². The molecule has 6 rings (SSSR count). The van der Waals surface area contributed by atoms with Crippen molar-refractivity contribution in [3.05, 3.63) is 153 Å². The van der Waals surface area contributed by atoms with Crippen molar-refractivity contribution in [1.82, 2.24) is 9.80 Å². The van der Waals surface area contributed by atoms with Crippen LogP contribution >= 0.6 is 0 Å². The lowest BCUT2D eigenvalue weighted by molar-refractivity contribution is -0.140. The molecule has 0 aromatic heterocycles. The summed E-state index contributed by atoms with van der Waals surface area (Å²) in [6, 6.07) is 20.9. The second kappa shape index (κ2) is 24.1. The van der Waals surface area contributed by atoms with Crippen LogP contribution in [-0.4, -0.2) is 99.7 Å². The highest BCUT2D eigenvalue weighted by atomic mass is 19.4. The summed E-state index contributed by atoms with van der Waals surface area (Å²) in [5.74, 6) is -1.61. The minimum Gasteiger partial charge on any atom is -0.463 e. The molecule has 2 heterocycles. The average Bonchev–Trinajstić information content (AvgIpc) is 3.36. The fraction of sp³-hybridized carbons (Fsp3) is 0.346. The van der Waals surface area contributed by atoms with Crippen molar-refractivity contribution in [2.45, 2.75) is 52.1 Å². The third-order valence-electron chi connectivity index (χ3n) is 11.8. The molecule has 2 aliphatic heterocycles. The molecule has 2 aliphatic rings. The van der Waals surface area contributed by atoms with Gasteiger partial charge in [-0.2, -0.15) is 36.9 Å². The van der Waals surface area contributed by atoms with E-state index in [0.29, 0.717) is 22.3 Å². The number of allylic oxidation sites excluding steroid dienone is 2. The molecule has 0 N–H and O–H groups in total. The summed E-state index contributed by atoms with van der Waals surface area (Å²) >= 11 is 0. The topological polar surface area (TPSA) is 175 Å². The minimum atomic E-state index is -4.73. The van der Waals surface area contributed by atoms with Gasteiger partial charge in [0.05, 0.1) is 122 Å². The predicted molar refractivity (Wildman–Crippen MR) is 251 cm³/mol. The van der Waals surface area contributed by atoms with Gasteiger partial charge in [0.2, 0.25) is 0 Å². The van der Waals surface area contributed by atoms with Gasteiger partial charge in [-0.3, -0.25) is 9.80 Å². The summed E-state index contributed by atoms with van der Waals surface area (Å²) in [7, 11) is 0. The first-order valence-electron chi connectivity index (χ1n) is 22.9. The number of carbonyl (C=O) groups is 4. The number of nitriles is 2. The summed E-state index contributed by atoms with van der Waals surface area (Å²) < 4.78 is 111. The Kier molecular flexibility index (Phi) is 18.1. The quantitative estimate of drug-likeness (QED) is 0.0468. The van der Waals surface area contributed by atoms with E-state index in [1.165, 1.54) is 60.0 Å². The zero-order valence-corrected chi connectivity index (χ0v) is 40.1. The first-order chi connectivity index (χ1) is 34.9. The standard InChI is InChI=1S/C52H50F6N6O9/c1-5-72-47(65)43-33(3)63(41-11-7-9-39(29-41)51(53,54)55)49(67)61(45(43)37-17-13-35(31-59)14-18-37)21-23-69-25-27-71-28-26-70-24-22-62-46(38-19-15-36(32-60)16-20-38)44(48(66)73-6-2)34(4)64(50(62)68)42-12-8-10-40(30-42)52(56,57)58/h7-20,29-30,45-46H,5-6,21-28H2,1-4H3. The summed E-state index contributed by atoms with van der Waals surface area (Å²) in [4.78, 5) is 60.7. The molecule has 15 nitrogen and oxygen atoms in total. The number of hydrogen-bond acceptors (Lipinski definition) is 11. The Balaban J connectivity index is 1.11. The van der Waals surface area contributed by atoms with Crippen LogP contribution in [0.1, 0.15) is 73.2 Å². The summed E-state index contributed by atoms with van der Waals surface area (Å²) in [5, 5.41) is 18.9. The third kappa shape index (κ3) is 12.7. The third-order valence-corrected chi connectivity index (χ3v) is 11.8. The van der Waals surface area contributed by atoms with Gasteiger partial charge in [-0.15, -0.1) is 0 Å². The number of amides is 4. The van der Waals surface area contributed by atoms with Gasteiger partial charge < -0.3 is 33.5 Å². The van der Waals surface area contributed by atoms with Crippen LogP contribution in [0.25, 0.3) is 0 Å². The fourth-order valence-electron chi connectivity index (χ4n) is 8.39. The molecule has 0 fully saturated rings. The molecule has 0 saturated heterocycles. The van der Waals surface area contributed by atoms with E-state index in [2.05, 4.69) is 0 Å². The van der Waals surface area contributed by atoms with E-state index in [9.17, 15) is 56.0 Å². The summed E-state index contributed by atoms with van der Waals surface area (Å²) in [6.07, 6.45) is -9.46. The number of urea groups is 2. The first kappa shape index (κ1) is 54.6. The molecular formula is C52H50F6N6O9. The highest BCUT2D eigenvalue weighted by Crippen LogP contribution is 2.43. The number of anilines is 2. The number of ether oxygens (including phenoxy) is 5. The molecule has 2 atom stereocenters. The predicted octanol–water partition coefficient (Wildman–Crippen LogP) is 9.86. The van der Waals surface area contributed by atoms with Crippen molar-refractivity contribution in [2.24, 2.45) is 0 Å². The van der Waals surface area contributed by atoms with E-state index in [4.69, 9.17) is 23.7 Å². The lowest BCUT2D eigenvalue weighted by Gasteiger charge is -2.43. The van der Waals surface area contributed by atoms with E-state index in [1.807, 2.05) is 12.1 Å². The van der Waals surface area contributed by atoms with Crippen LogP contribution in [0, 0.1) is 22.7 Å². The van der Waals surface area contributed by atoms with E-state index in [0.717, 1.165) is 46.2 Å². The monoisotopic (exact) mass is 1020 g/mol. The molecule has 21 heteroatoms. The Labute approximate surface area is 416 Å². The van der Waals surface area contributed by atoms with E-state index in [1.54, 1.807) is 38.1 Å². The van der Waals surface area contributed by atoms with E-state index < -0.39 is 59.6 Å². The molecule has 384 valence electrons. The molecular weight excluding hydrogens is 967 g/mol. The van der Waals surface area contributed by atoms with Crippen molar-refractivity contribution in [2.75, 3.05) is 75.7 Å². The second-order valence-electron chi connectivity index (χ2n) is 16.3. The van der Waals surface area contributed by atoms with Gasteiger partial charge in [0, 0.05) is 24.5 Å². The fourth-order valence-corrected chi connectivity index (χ4v) is 8.39. The Morgan fingerprint density at radius 3 is 1.21 bits per heavy atom. The van der Waals surface area contributed by atoms with E-state index in [-0.39, 0.29) is 99.9 Å². The lowest BCUT2D eigenvalue weighted by atomic mass is 9.92. The van der Waals surface area contributed by atoms with Crippen molar-refractivity contribution >= 4 is 35.4 Å². The van der Waals surface area contributed by atoms with Crippen LogP contribution in [0.2, 0.25) is 0 Å². The van der Waals surface area contributed by atoms with Crippen LogP contribution in [-0.2, 0) is 45.6 Å². The van der Waals surface area contributed by atoms with Gasteiger partial charge in [-0.05, 0) is 99.5 Å². The number of nitrogens with zero attached hydrogens (tertiary/aromatic N) is 6. The largest absolute Gasteiger partial charge is 0.463 e. The van der Waals surface area contributed by atoms with Gasteiger partial charge >= 0.3 is 36.4 Å². The molecule has 0 bridgehead atoms. The number of halogens is 6. The number of benzene rings is 4. The lowest BCUT2D eigenvalue weighted by Crippen LogP contribution is -2.52. The van der Waals surface area contributed by atoms with Crippen LogP contribution in [0.4, 0.5) is 47.3 Å². The smallest absolute Gasteiger partial charge is 0.416 e. The number of hydrogen-bond donors (Lipinski definition) is 0. The maximum atomic E-state index is 14.4. The minimum absolute atomic E-state index is 0.00273. The molecule has 0 aliphatic carbocycles. The van der Waals surface area contributed by atoms with Gasteiger partial charge in [-0.25, -0.2) is 19.2 Å². The average molecular weight is 1020 g/mol. The zero-order chi connectivity index (χ0) is 53.0. The molecule has 0 saturated carbocycles. The van der Waals surface area contributed by atoms with Crippen molar-refractivity contribution in [3.8, 4) is 12.1 Å². The summed E-state index contributed by atoms with van der Waals surface area (Å²) in [6.45, 7) is 5.48. The summed E-state index contributed by atoms with van der Waals surface area (Å²) in [5.41, 5.74) is -0.771. The van der Waals surface area contributed by atoms with Crippen molar-refractivity contribution in [1.29, 1.82) is 10.5 Å². The van der Waals surface area contributed by atoms with Crippen LogP contribution in [0.5, 0.6) is 0 Å². The Bertz CT molecular complexity index is 2610. The van der Waals surface area contributed by atoms with Gasteiger partial charge in [0.25, 0.3) is 0 Å². The Morgan fingerprint density at radius 1 is 0.548 bits per heavy atom. The Morgan fingerprint density at radius 2 is 0.890 bits per heavy atom. The number of rotatable bonds is 20. The van der Waals surface area contributed by atoms with Crippen molar-refractivity contribution < 1.29 is 69.2 Å². The molecule has 0 spiro atoms. The van der Waals surface area contributed by atoms with Gasteiger partial charge in [0.15, 0.2) is 0 Å². The second-order valence-corrected chi connectivity index (χ2v) is 16.3. The van der Waals surface area contributed by atoms with Crippen LogP contribution in [0.3, 0.4) is 0 Å². The maximum absolute atomic E-state index is 14.4. The van der Waals surface area contributed by atoms with Crippen LogP contribution in [0.15, 0.2) is 120 Å². The molecule has 4 aromatic rings.